The average molecular weight is 427 g/mol. The summed E-state index contributed by atoms with van der Waals surface area (Å²) in [5.41, 5.74) is 3.71. The maximum absolute atomic E-state index is 12.8. The van der Waals surface area contributed by atoms with Gasteiger partial charge in [0.25, 0.3) is 0 Å². The number of hydrogen-bond acceptors (Lipinski definition) is 4. The highest BCUT2D eigenvalue weighted by molar-refractivity contribution is 7.92. The van der Waals surface area contributed by atoms with Gasteiger partial charge >= 0.3 is 0 Å². The molecule has 0 bridgehead atoms. The number of fused-ring (bicyclic) bond motifs is 1. The molecule has 2 aliphatic rings. The smallest absolute Gasteiger partial charge is 0.227 e. The minimum absolute atomic E-state index is 0.120. The maximum Gasteiger partial charge on any atom is 0.227 e. The van der Waals surface area contributed by atoms with Crippen LogP contribution < -0.4 is 0 Å². The third-order valence-electron chi connectivity index (χ3n) is 6.42. The third kappa shape index (κ3) is 4.30. The van der Waals surface area contributed by atoms with Gasteiger partial charge in [-0.3, -0.25) is 9.69 Å². The molecule has 0 radical (unpaired) electrons. The highest BCUT2D eigenvalue weighted by Gasteiger charge is 2.32. The molecule has 0 aliphatic carbocycles. The summed E-state index contributed by atoms with van der Waals surface area (Å²) in [7, 11) is -3.28. The highest BCUT2D eigenvalue weighted by Crippen LogP contribution is 2.25. The summed E-state index contributed by atoms with van der Waals surface area (Å²) < 4.78 is 24.5. The van der Waals surface area contributed by atoms with E-state index in [1.165, 1.54) is 11.1 Å². The fraction of sp³-hybridized carbons (Fsp3) is 0.458. The van der Waals surface area contributed by atoms with Crippen molar-refractivity contribution in [1.29, 1.82) is 0 Å². The van der Waals surface area contributed by atoms with Gasteiger partial charge in [-0.1, -0.05) is 36.4 Å². The van der Waals surface area contributed by atoms with Gasteiger partial charge in [0.05, 0.1) is 16.6 Å². The lowest BCUT2D eigenvalue weighted by Gasteiger charge is -2.33. The molecule has 0 spiro atoms. The maximum atomic E-state index is 12.8. The summed E-state index contributed by atoms with van der Waals surface area (Å²) in [6, 6.07) is 15.8. The number of carbonyl (C=O) groups is 1. The Morgan fingerprint density at radius 3 is 2.43 bits per heavy atom. The molecule has 1 saturated heterocycles. The molecule has 1 amide bonds. The van der Waals surface area contributed by atoms with E-state index < -0.39 is 15.1 Å². The topological polar surface area (TPSA) is 57.7 Å². The summed E-state index contributed by atoms with van der Waals surface area (Å²) in [5, 5.41) is -0.451. The summed E-state index contributed by atoms with van der Waals surface area (Å²) in [6.07, 6.45) is 2.41. The number of rotatable bonds is 5. The Hall–Kier alpha value is -2.18. The van der Waals surface area contributed by atoms with E-state index in [-0.39, 0.29) is 5.91 Å². The van der Waals surface area contributed by atoms with E-state index in [1.54, 1.807) is 38.1 Å². The lowest BCUT2D eigenvalue weighted by molar-refractivity contribution is -0.129. The summed E-state index contributed by atoms with van der Waals surface area (Å²) in [5.74, 6) is 0.120. The zero-order valence-corrected chi connectivity index (χ0v) is 18.6. The van der Waals surface area contributed by atoms with E-state index in [0.29, 0.717) is 17.4 Å². The van der Waals surface area contributed by atoms with Crippen LogP contribution in [0.2, 0.25) is 0 Å². The number of benzene rings is 2. The van der Waals surface area contributed by atoms with E-state index in [4.69, 9.17) is 0 Å². The quantitative estimate of drug-likeness (QED) is 0.737. The minimum Gasteiger partial charge on any atom is -0.341 e. The molecule has 0 aromatic heterocycles. The van der Waals surface area contributed by atoms with Crippen LogP contribution in [-0.4, -0.2) is 55.1 Å². The Morgan fingerprint density at radius 1 is 1.03 bits per heavy atom. The summed E-state index contributed by atoms with van der Waals surface area (Å²) >= 11 is 0. The minimum atomic E-state index is -3.28. The SMILES string of the molecule is CC(C)S(=O)(=O)c1ccc(CC(=O)N2CCC(N3CCc4ccccc4C3)C2)cc1. The Balaban J connectivity index is 1.34. The van der Waals surface area contributed by atoms with Crippen molar-refractivity contribution in [3.63, 3.8) is 0 Å². The van der Waals surface area contributed by atoms with Crippen LogP contribution in [0.4, 0.5) is 0 Å². The van der Waals surface area contributed by atoms with Crippen molar-refractivity contribution in [2.24, 2.45) is 0 Å². The second-order valence-electron chi connectivity index (χ2n) is 8.69. The standard InChI is InChI=1S/C24H30N2O3S/c1-18(2)30(28,29)23-9-7-19(8-10-23)15-24(27)26-14-12-22(17-26)25-13-11-20-5-3-4-6-21(20)16-25/h3-10,18,22H,11-17H2,1-2H3. The predicted molar refractivity (Wildman–Crippen MR) is 118 cm³/mol. The van der Waals surface area contributed by atoms with E-state index >= 15 is 0 Å². The van der Waals surface area contributed by atoms with Gasteiger partial charge in [-0.05, 0) is 55.5 Å². The van der Waals surface area contributed by atoms with Crippen LogP contribution in [0, 0.1) is 0 Å². The molecule has 5 nitrogen and oxygen atoms in total. The Morgan fingerprint density at radius 2 is 1.73 bits per heavy atom. The van der Waals surface area contributed by atoms with Gasteiger partial charge in [-0.2, -0.15) is 0 Å². The van der Waals surface area contributed by atoms with Crippen LogP contribution in [-0.2, 0) is 34.0 Å². The second kappa shape index (κ2) is 8.52. The Labute approximate surface area is 179 Å². The number of carbonyl (C=O) groups excluding carboxylic acids is 1. The van der Waals surface area contributed by atoms with Gasteiger partial charge in [-0.25, -0.2) is 8.42 Å². The number of likely N-dealkylation sites (tertiary alicyclic amines) is 1. The largest absolute Gasteiger partial charge is 0.341 e. The number of amides is 1. The first kappa shape index (κ1) is 21.1. The molecule has 2 aromatic carbocycles. The monoisotopic (exact) mass is 426 g/mol. The normalized spacial score (nSPS) is 19.8. The Bertz CT molecular complexity index is 1020. The highest BCUT2D eigenvalue weighted by atomic mass is 32.2. The van der Waals surface area contributed by atoms with Crippen LogP contribution in [0.15, 0.2) is 53.4 Å². The van der Waals surface area contributed by atoms with E-state index in [0.717, 1.165) is 44.6 Å². The van der Waals surface area contributed by atoms with Crippen LogP contribution >= 0.6 is 0 Å². The predicted octanol–water partition coefficient (Wildman–Crippen LogP) is 3.07. The molecular weight excluding hydrogens is 396 g/mol. The van der Waals surface area contributed by atoms with Crippen LogP contribution in [0.3, 0.4) is 0 Å². The fourth-order valence-electron chi connectivity index (χ4n) is 4.45. The molecule has 1 atom stereocenters. The van der Waals surface area contributed by atoms with Crippen molar-refractivity contribution in [3.8, 4) is 0 Å². The molecule has 30 heavy (non-hydrogen) atoms. The first-order chi connectivity index (χ1) is 14.3. The van der Waals surface area contributed by atoms with Crippen LogP contribution in [0.1, 0.15) is 37.0 Å². The van der Waals surface area contributed by atoms with Crippen molar-refractivity contribution in [1.82, 2.24) is 9.80 Å². The number of nitrogens with zero attached hydrogens (tertiary/aromatic N) is 2. The van der Waals surface area contributed by atoms with Gasteiger partial charge in [0.15, 0.2) is 9.84 Å². The molecule has 4 rings (SSSR count). The number of hydrogen-bond donors (Lipinski definition) is 0. The van der Waals surface area contributed by atoms with Crippen LogP contribution in [0.5, 0.6) is 0 Å². The third-order valence-corrected chi connectivity index (χ3v) is 8.59. The van der Waals surface area contributed by atoms with Crippen LogP contribution in [0.25, 0.3) is 0 Å². The van der Waals surface area contributed by atoms with Crippen molar-refractivity contribution in [2.45, 2.75) is 55.8 Å². The van der Waals surface area contributed by atoms with Gasteiger partial charge in [-0.15, -0.1) is 0 Å². The van der Waals surface area contributed by atoms with E-state index in [9.17, 15) is 13.2 Å². The fourth-order valence-corrected chi connectivity index (χ4v) is 5.51. The Kier molecular flexibility index (Phi) is 5.98. The average Bonchev–Trinajstić information content (AvgIpc) is 3.24. The molecule has 1 unspecified atom stereocenters. The molecule has 2 aromatic rings. The molecule has 160 valence electrons. The first-order valence-electron chi connectivity index (χ1n) is 10.8. The first-order valence-corrected chi connectivity index (χ1v) is 12.3. The molecule has 2 aliphatic heterocycles. The zero-order valence-electron chi connectivity index (χ0n) is 17.8. The number of sulfone groups is 1. The lowest BCUT2D eigenvalue weighted by Crippen LogP contribution is -2.41. The zero-order chi connectivity index (χ0) is 21.3. The molecule has 2 heterocycles. The van der Waals surface area contributed by atoms with Crippen molar-refractivity contribution in [2.75, 3.05) is 19.6 Å². The van der Waals surface area contributed by atoms with E-state index in [1.807, 2.05) is 4.90 Å². The molecule has 1 fully saturated rings. The summed E-state index contributed by atoms with van der Waals surface area (Å²) in [6.45, 7) is 6.95. The van der Waals surface area contributed by atoms with Gasteiger partial charge in [0.1, 0.15) is 0 Å². The molecule has 0 N–H and O–H groups in total. The second-order valence-corrected chi connectivity index (χ2v) is 11.2. The summed E-state index contributed by atoms with van der Waals surface area (Å²) in [4.78, 5) is 17.6. The molecule has 0 saturated carbocycles. The van der Waals surface area contributed by atoms with Gasteiger partial charge in [0, 0.05) is 32.2 Å². The van der Waals surface area contributed by atoms with Gasteiger partial charge < -0.3 is 4.90 Å². The van der Waals surface area contributed by atoms with Gasteiger partial charge in [0.2, 0.25) is 5.91 Å². The van der Waals surface area contributed by atoms with Crippen molar-refractivity contribution < 1.29 is 13.2 Å². The molecule has 6 heteroatoms. The molecular formula is C24H30N2O3S. The lowest BCUT2D eigenvalue weighted by atomic mass is 9.98. The van der Waals surface area contributed by atoms with Crippen molar-refractivity contribution >= 4 is 15.7 Å². The van der Waals surface area contributed by atoms with Crippen molar-refractivity contribution in [3.05, 3.63) is 65.2 Å². The van der Waals surface area contributed by atoms with E-state index in [2.05, 4.69) is 29.2 Å².